The van der Waals surface area contributed by atoms with Gasteiger partial charge in [0, 0.05) is 35.8 Å². The zero-order valence-electron chi connectivity index (χ0n) is 26.9. The van der Waals surface area contributed by atoms with Crippen molar-refractivity contribution in [1.29, 1.82) is 0 Å². The molecule has 0 amide bonds. The Hall–Kier alpha value is -3.86. The molecular formula is C36H42F6N2O3. The van der Waals surface area contributed by atoms with Crippen LogP contribution in [0.25, 0.3) is 0 Å². The first-order valence-electron chi connectivity index (χ1n) is 15.9. The molecule has 3 aromatic carbocycles. The van der Waals surface area contributed by atoms with Crippen LogP contribution in [0.2, 0.25) is 0 Å². The van der Waals surface area contributed by atoms with E-state index in [-0.39, 0.29) is 30.6 Å². The van der Waals surface area contributed by atoms with E-state index < -0.39 is 23.5 Å². The largest absolute Gasteiger partial charge is 0.493 e. The number of alkyl halides is 6. The summed E-state index contributed by atoms with van der Waals surface area (Å²) in [7, 11) is 0. The van der Waals surface area contributed by atoms with Crippen molar-refractivity contribution in [3.8, 4) is 11.5 Å². The summed E-state index contributed by atoms with van der Waals surface area (Å²) >= 11 is 0. The summed E-state index contributed by atoms with van der Waals surface area (Å²) in [4.78, 5) is 4.37. The highest BCUT2D eigenvalue weighted by molar-refractivity contribution is 5.56. The van der Waals surface area contributed by atoms with Gasteiger partial charge < -0.3 is 24.4 Å². The molecule has 5 nitrogen and oxygen atoms in total. The Bertz CT molecular complexity index is 1450. The molecule has 1 aliphatic rings. The predicted octanol–water partition coefficient (Wildman–Crippen LogP) is 9.28. The van der Waals surface area contributed by atoms with Crippen molar-refractivity contribution < 1.29 is 40.9 Å². The van der Waals surface area contributed by atoms with Gasteiger partial charge in [0.2, 0.25) is 0 Å². The van der Waals surface area contributed by atoms with Crippen LogP contribution in [0.4, 0.5) is 32.0 Å². The van der Waals surface area contributed by atoms with E-state index >= 15 is 0 Å². The maximum Gasteiger partial charge on any atom is 0.430 e. The van der Waals surface area contributed by atoms with Gasteiger partial charge in [-0.25, -0.2) is 0 Å². The minimum absolute atomic E-state index is 0.206. The quantitative estimate of drug-likeness (QED) is 0.130. The monoisotopic (exact) mass is 664 g/mol. The number of hydrogen-bond donors (Lipinski definition) is 1. The van der Waals surface area contributed by atoms with Gasteiger partial charge in [0.05, 0.1) is 13.3 Å². The number of halogens is 6. The van der Waals surface area contributed by atoms with E-state index in [9.17, 15) is 31.4 Å². The number of anilines is 1. The fourth-order valence-electron chi connectivity index (χ4n) is 5.71. The van der Waals surface area contributed by atoms with Crippen molar-refractivity contribution >= 4 is 5.69 Å². The van der Waals surface area contributed by atoms with E-state index in [2.05, 4.69) is 16.0 Å². The summed E-state index contributed by atoms with van der Waals surface area (Å²) in [6, 6.07) is 19.5. The van der Waals surface area contributed by atoms with Crippen molar-refractivity contribution in [2.45, 2.75) is 83.9 Å². The molecule has 47 heavy (non-hydrogen) atoms. The number of rotatable bonds is 15. The lowest BCUT2D eigenvalue weighted by Gasteiger charge is -2.33. The first-order valence-corrected chi connectivity index (χ1v) is 15.9. The molecule has 0 fully saturated rings. The molecule has 256 valence electrons. The van der Waals surface area contributed by atoms with Crippen LogP contribution in [0.1, 0.15) is 68.7 Å². The van der Waals surface area contributed by atoms with Crippen LogP contribution in [0.5, 0.6) is 11.5 Å². The topological polar surface area (TPSA) is 45.2 Å². The lowest BCUT2D eigenvalue weighted by Crippen LogP contribution is -2.54. The maximum absolute atomic E-state index is 13.7. The molecule has 4 rings (SSSR count). The second-order valence-electron chi connectivity index (χ2n) is 11.8. The molecule has 0 saturated carbocycles. The van der Waals surface area contributed by atoms with Crippen LogP contribution in [-0.4, -0.2) is 42.2 Å². The Morgan fingerprint density at radius 1 is 0.787 bits per heavy atom. The average Bonchev–Trinajstić information content (AvgIpc) is 3.40. The highest BCUT2D eigenvalue weighted by atomic mass is 19.4. The molecule has 11 heteroatoms. The van der Waals surface area contributed by atoms with Crippen LogP contribution in [0.15, 0.2) is 78.6 Å². The Labute approximate surface area is 272 Å². The molecule has 1 heterocycles. The third kappa shape index (κ3) is 8.54. The summed E-state index contributed by atoms with van der Waals surface area (Å²) < 4.78 is 94.1. The third-order valence-corrected chi connectivity index (χ3v) is 8.10. The average molecular weight is 665 g/mol. The number of aryl methyl sites for hydroxylation is 2. The van der Waals surface area contributed by atoms with Crippen LogP contribution in [-0.2, 0) is 25.0 Å². The highest BCUT2D eigenvalue weighted by Gasteiger charge is 2.71. The molecule has 0 unspecified atom stereocenters. The molecule has 0 atom stereocenters. The molecular weight excluding hydrogens is 622 g/mol. The van der Waals surface area contributed by atoms with Crippen LogP contribution in [0.3, 0.4) is 0 Å². The molecule has 0 saturated heterocycles. The molecule has 1 aliphatic heterocycles. The number of allylic oxidation sites excluding steroid dienone is 1. The van der Waals surface area contributed by atoms with Crippen LogP contribution < -0.4 is 14.4 Å². The molecule has 3 aromatic rings. The Morgan fingerprint density at radius 3 is 2.02 bits per heavy atom. The van der Waals surface area contributed by atoms with Crippen molar-refractivity contribution in [2.75, 3.05) is 24.7 Å². The van der Waals surface area contributed by atoms with Gasteiger partial charge in [0.25, 0.3) is 5.60 Å². The molecule has 1 N–H and O–H groups in total. The first-order chi connectivity index (χ1) is 22.3. The second-order valence-corrected chi connectivity index (χ2v) is 11.8. The van der Waals surface area contributed by atoms with Gasteiger partial charge >= 0.3 is 12.4 Å². The van der Waals surface area contributed by atoms with Crippen molar-refractivity contribution in [3.63, 3.8) is 0 Å². The van der Waals surface area contributed by atoms with E-state index in [1.807, 2.05) is 61.5 Å². The minimum Gasteiger partial charge on any atom is -0.493 e. The smallest absolute Gasteiger partial charge is 0.430 e. The molecule has 0 spiro atoms. The lowest BCUT2D eigenvalue weighted by atomic mass is 9.87. The number of benzene rings is 3. The Kier molecular flexibility index (Phi) is 11.8. The number of nitrogens with zero attached hydrogens (tertiary/aromatic N) is 2. The lowest BCUT2D eigenvalue weighted by molar-refractivity contribution is -0.376. The minimum atomic E-state index is -5.95. The Morgan fingerprint density at radius 2 is 1.43 bits per heavy atom. The van der Waals surface area contributed by atoms with Crippen molar-refractivity contribution in [3.05, 3.63) is 101 Å². The van der Waals surface area contributed by atoms with Crippen LogP contribution in [0, 0.1) is 0 Å². The van der Waals surface area contributed by atoms with E-state index in [0.29, 0.717) is 38.3 Å². The summed E-state index contributed by atoms with van der Waals surface area (Å²) in [5.41, 5.74) is -2.59. The highest BCUT2D eigenvalue weighted by Crippen LogP contribution is 2.51. The molecule has 0 radical (unpaired) electrons. The zero-order valence-corrected chi connectivity index (χ0v) is 26.9. The molecule has 0 bridgehead atoms. The number of hydrogen-bond acceptors (Lipinski definition) is 5. The zero-order chi connectivity index (χ0) is 34.2. The van der Waals surface area contributed by atoms with E-state index in [0.717, 1.165) is 47.8 Å². The molecule has 0 aliphatic carbocycles. The summed E-state index contributed by atoms with van der Waals surface area (Å²) in [5, 5.41) is 10.1. The second kappa shape index (κ2) is 15.4. The number of ether oxygens (including phenoxy) is 2. The van der Waals surface area contributed by atoms with Gasteiger partial charge in [-0.3, -0.25) is 0 Å². The summed E-state index contributed by atoms with van der Waals surface area (Å²) in [5.74, 6) is 1.08. The first kappa shape index (κ1) is 36.0. The SMILES string of the molecule is CCCc1cc(C(O)(C(F)(F)F)C(F)(F)F)cc(CCC)c1OCCCCN1C=C(C)N(c2cccc(OCc3ccccc3)c2)C1. The van der Waals surface area contributed by atoms with Gasteiger partial charge in [-0.05, 0) is 73.6 Å². The standard InChI is InChI=1S/C36H42F6N2O3/c1-4-12-28-20-30(34(45,35(37,38)39)36(40,41)42)21-29(13-5-2)33(28)46-19-10-9-18-43-23-26(3)44(25-43)31-16-11-17-32(22-31)47-24-27-14-7-6-8-15-27/h6-8,11,14-17,20-23,45H,4-5,9-10,12-13,18-19,24-25H2,1-3H3. The van der Waals surface area contributed by atoms with Gasteiger partial charge in [-0.15, -0.1) is 0 Å². The van der Waals surface area contributed by atoms with E-state index in [4.69, 9.17) is 9.47 Å². The number of aliphatic hydroxyl groups is 1. The fourth-order valence-corrected chi connectivity index (χ4v) is 5.71. The van der Waals surface area contributed by atoms with Gasteiger partial charge in [0.1, 0.15) is 18.1 Å². The van der Waals surface area contributed by atoms with E-state index in [1.54, 1.807) is 13.8 Å². The van der Waals surface area contributed by atoms with Gasteiger partial charge in [-0.1, -0.05) is 63.1 Å². The Balaban J connectivity index is 1.36. The normalized spacial score (nSPS) is 14.0. The van der Waals surface area contributed by atoms with Gasteiger partial charge in [0.15, 0.2) is 0 Å². The summed E-state index contributed by atoms with van der Waals surface area (Å²) in [6.07, 6.45) is -7.07. The van der Waals surface area contributed by atoms with E-state index in [1.165, 1.54) is 0 Å². The predicted molar refractivity (Wildman–Crippen MR) is 170 cm³/mol. The summed E-state index contributed by atoms with van der Waals surface area (Å²) in [6.45, 7) is 7.69. The van der Waals surface area contributed by atoms with Crippen LogP contribution >= 0.6 is 0 Å². The third-order valence-electron chi connectivity index (χ3n) is 8.10. The van der Waals surface area contributed by atoms with Gasteiger partial charge in [-0.2, -0.15) is 26.3 Å². The fraction of sp³-hybridized carbons (Fsp3) is 0.444. The van der Waals surface area contributed by atoms with Crippen molar-refractivity contribution in [1.82, 2.24) is 4.90 Å². The number of unbranched alkanes of at least 4 members (excludes halogenated alkanes) is 1. The van der Waals surface area contributed by atoms with Crippen molar-refractivity contribution in [2.24, 2.45) is 0 Å². The molecule has 0 aromatic heterocycles. The maximum atomic E-state index is 13.7.